The lowest BCUT2D eigenvalue weighted by atomic mass is 10.2. The molecule has 0 radical (unpaired) electrons. The van der Waals surface area contributed by atoms with Crippen LogP contribution in [0.1, 0.15) is 11.1 Å². The van der Waals surface area contributed by atoms with Crippen molar-refractivity contribution in [1.82, 2.24) is 10.2 Å². The van der Waals surface area contributed by atoms with Crippen LogP contribution < -0.4 is 10.1 Å². The predicted molar refractivity (Wildman–Crippen MR) is 102 cm³/mol. The number of carbonyl (C=O) groups is 2. The Kier molecular flexibility index (Phi) is 5.43. The summed E-state index contributed by atoms with van der Waals surface area (Å²) < 4.78 is 20.7. The van der Waals surface area contributed by atoms with E-state index in [-0.39, 0.29) is 18.1 Å². The van der Waals surface area contributed by atoms with Crippen LogP contribution in [0.5, 0.6) is 5.75 Å². The normalized spacial score (nSPS) is 15.5. The molecule has 3 rings (SSSR count). The van der Waals surface area contributed by atoms with Gasteiger partial charge in [0.05, 0.1) is 8.95 Å². The number of nitrogens with zero attached hydrogens (tertiary/aromatic N) is 1. The minimum absolute atomic E-state index is 0.0731. The molecule has 2 aromatic rings. The van der Waals surface area contributed by atoms with Crippen molar-refractivity contribution in [3.8, 4) is 5.75 Å². The van der Waals surface area contributed by atoms with Crippen molar-refractivity contribution in [1.29, 1.82) is 0 Å². The second-order valence-corrected chi connectivity index (χ2v) is 7.25. The van der Waals surface area contributed by atoms with Crippen molar-refractivity contribution >= 4 is 49.9 Å². The molecule has 1 saturated heterocycles. The van der Waals surface area contributed by atoms with Gasteiger partial charge in [0.2, 0.25) is 0 Å². The van der Waals surface area contributed by atoms with Gasteiger partial charge >= 0.3 is 6.03 Å². The highest BCUT2D eigenvalue weighted by Crippen LogP contribution is 2.36. The number of nitrogens with one attached hydrogen (secondary N) is 1. The maximum atomic E-state index is 13.7. The summed E-state index contributed by atoms with van der Waals surface area (Å²) in [7, 11) is 1.41. The monoisotopic (exact) mass is 482 g/mol. The molecule has 26 heavy (non-hydrogen) atoms. The summed E-state index contributed by atoms with van der Waals surface area (Å²) in [6, 6.07) is 9.41. The average molecular weight is 484 g/mol. The van der Waals surface area contributed by atoms with Crippen molar-refractivity contribution in [2.24, 2.45) is 0 Å². The zero-order valence-corrected chi connectivity index (χ0v) is 16.7. The molecule has 1 fully saturated rings. The predicted octanol–water partition coefficient (Wildman–Crippen LogP) is 4.45. The Labute approximate surface area is 166 Å². The fraction of sp³-hybridized carbons (Fsp3) is 0.111. The fourth-order valence-electron chi connectivity index (χ4n) is 2.36. The highest BCUT2D eigenvalue weighted by molar-refractivity contribution is 9.11. The number of carbonyl (C=O) groups excluding carboxylic acids is 2. The molecule has 5 nitrogen and oxygen atoms in total. The molecule has 1 N–H and O–H groups in total. The first-order chi connectivity index (χ1) is 12.4. The minimum Gasteiger partial charge on any atom is -0.486 e. The number of ether oxygens (including phenoxy) is 1. The van der Waals surface area contributed by atoms with Crippen LogP contribution in [0.2, 0.25) is 0 Å². The van der Waals surface area contributed by atoms with Gasteiger partial charge in [0, 0.05) is 12.6 Å². The number of imide groups is 1. The first-order valence-corrected chi connectivity index (χ1v) is 9.11. The smallest absolute Gasteiger partial charge is 0.328 e. The van der Waals surface area contributed by atoms with E-state index in [2.05, 4.69) is 37.2 Å². The van der Waals surface area contributed by atoms with Crippen LogP contribution in [-0.4, -0.2) is 23.9 Å². The van der Waals surface area contributed by atoms with E-state index in [0.29, 0.717) is 25.8 Å². The van der Waals surface area contributed by atoms with Crippen LogP contribution >= 0.6 is 31.9 Å². The van der Waals surface area contributed by atoms with Crippen LogP contribution in [-0.2, 0) is 11.4 Å². The second-order valence-electron chi connectivity index (χ2n) is 5.55. The quantitative estimate of drug-likeness (QED) is 0.516. The number of benzene rings is 2. The molecular weight excluding hydrogens is 471 g/mol. The molecule has 0 atom stereocenters. The Morgan fingerprint density at radius 2 is 1.85 bits per heavy atom. The highest BCUT2D eigenvalue weighted by Gasteiger charge is 2.30. The molecule has 8 heteroatoms. The average Bonchev–Trinajstić information content (AvgIpc) is 2.82. The van der Waals surface area contributed by atoms with Crippen LogP contribution in [0.4, 0.5) is 9.18 Å². The Morgan fingerprint density at radius 3 is 2.42 bits per heavy atom. The minimum atomic E-state index is -0.468. The topological polar surface area (TPSA) is 58.6 Å². The van der Waals surface area contributed by atoms with Crippen LogP contribution in [0.25, 0.3) is 6.08 Å². The maximum absolute atomic E-state index is 13.7. The number of halogens is 3. The summed E-state index contributed by atoms with van der Waals surface area (Å²) in [4.78, 5) is 24.4. The molecule has 0 spiro atoms. The molecule has 2 aromatic carbocycles. The SMILES string of the molecule is CN1C(=O)N/C(=C/c2cc(Br)c(OCc3ccccc3F)c(Br)c2)C1=O. The molecule has 1 heterocycles. The van der Waals surface area contributed by atoms with Gasteiger partial charge in [-0.3, -0.25) is 9.69 Å². The Hall–Kier alpha value is -2.19. The molecule has 134 valence electrons. The van der Waals surface area contributed by atoms with Gasteiger partial charge in [-0.15, -0.1) is 0 Å². The molecule has 1 aliphatic heterocycles. The van der Waals surface area contributed by atoms with Crippen molar-refractivity contribution < 1.29 is 18.7 Å². The van der Waals surface area contributed by atoms with Gasteiger partial charge in [-0.05, 0) is 61.7 Å². The number of amides is 3. The summed E-state index contributed by atoms with van der Waals surface area (Å²) in [5, 5.41) is 2.50. The molecule has 3 amide bonds. The number of hydrogen-bond acceptors (Lipinski definition) is 3. The summed E-state index contributed by atoms with van der Waals surface area (Å²) in [5.74, 6) is -0.225. The van der Waals surface area contributed by atoms with E-state index in [9.17, 15) is 14.0 Å². The number of urea groups is 1. The van der Waals surface area contributed by atoms with Crippen molar-refractivity contribution in [2.75, 3.05) is 7.05 Å². The largest absolute Gasteiger partial charge is 0.486 e. The van der Waals surface area contributed by atoms with Gasteiger partial charge in [-0.2, -0.15) is 0 Å². The van der Waals surface area contributed by atoms with Crippen molar-refractivity contribution in [2.45, 2.75) is 6.61 Å². The standard InChI is InChI=1S/C18H13Br2FN2O3/c1-23-17(24)15(22-18(23)25)8-10-6-12(19)16(13(20)7-10)26-9-11-4-2-3-5-14(11)21/h2-8H,9H2,1H3,(H,22,25)/b15-8+. The van der Waals surface area contributed by atoms with Gasteiger partial charge in [-0.1, -0.05) is 18.2 Å². The van der Waals surface area contributed by atoms with Gasteiger partial charge in [-0.25, -0.2) is 9.18 Å². The lowest BCUT2D eigenvalue weighted by Gasteiger charge is -2.12. The van der Waals surface area contributed by atoms with Crippen molar-refractivity contribution in [3.05, 3.63) is 68.0 Å². The first-order valence-electron chi connectivity index (χ1n) is 7.53. The lowest BCUT2D eigenvalue weighted by Crippen LogP contribution is -2.25. The second kappa shape index (κ2) is 7.59. The van der Waals surface area contributed by atoms with E-state index in [4.69, 9.17) is 4.74 Å². The molecule has 0 saturated carbocycles. The van der Waals surface area contributed by atoms with Crippen LogP contribution in [0.3, 0.4) is 0 Å². The lowest BCUT2D eigenvalue weighted by molar-refractivity contribution is -0.121. The van der Waals surface area contributed by atoms with E-state index >= 15 is 0 Å². The fourth-order valence-corrected chi connectivity index (χ4v) is 3.81. The van der Waals surface area contributed by atoms with E-state index in [0.717, 1.165) is 4.90 Å². The summed E-state index contributed by atoms with van der Waals surface area (Å²) >= 11 is 6.84. The van der Waals surface area contributed by atoms with E-state index in [1.807, 2.05) is 0 Å². The van der Waals surface area contributed by atoms with Gasteiger partial charge in [0.1, 0.15) is 23.9 Å². The van der Waals surface area contributed by atoms with Crippen molar-refractivity contribution in [3.63, 3.8) is 0 Å². The third-order valence-corrected chi connectivity index (χ3v) is 4.92. The molecule has 0 aliphatic carbocycles. The molecule has 0 unspecified atom stereocenters. The van der Waals surface area contributed by atoms with Crippen LogP contribution in [0, 0.1) is 5.82 Å². The number of likely N-dealkylation sites (N-methyl/N-ethyl adjacent to an activating group) is 1. The Balaban J connectivity index is 1.82. The zero-order valence-electron chi connectivity index (χ0n) is 13.6. The first kappa shape index (κ1) is 18.6. The Bertz CT molecular complexity index is 907. The van der Waals surface area contributed by atoms with Gasteiger partial charge < -0.3 is 10.1 Å². The number of hydrogen-bond donors (Lipinski definition) is 1. The van der Waals surface area contributed by atoms with E-state index < -0.39 is 11.9 Å². The van der Waals surface area contributed by atoms with Crippen LogP contribution in [0.15, 0.2) is 51.0 Å². The molecular formula is C18H13Br2FN2O3. The highest BCUT2D eigenvalue weighted by atomic mass is 79.9. The van der Waals surface area contributed by atoms with Gasteiger partial charge in [0.25, 0.3) is 5.91 Å². The maximum Gasteiger partial charge on any atom is 0.328 e. The van der Waals surface area contributed by atoms with E-state index in [1.54, 1.807) is 36.4 Å². The number of rotatable bonds is 4. The summed E-state index contributed by atoms with van der Waals surface area (Å²) in [6.07, 6.45) is 1.57. The zero-order chi connectivity index (χ0) is 18.8. The third-order valence-electron chi connectivity index (χ3n) is 3.74. The summed E-state index contributed by atoms with van der Waals surface area (Å²) in [5.41, 5.74) is 1.32. The Morgan fingerprint density at radius 1 is 1.19 bits per heavy atom. The molecule has 1 aliphatic rings. The molecule has 0 aromatic heterocycles. The third kappa shape index (κ3) is 3.81. The summed E-state index contributed by atoms with van der Waals surface area (Å²) in [6.45, 7) is 0.0731. The van der Waals surface area contributed by atoms with E-state index in [1.165, 1.54) is 13.1 Å². The molecule has 0 bridgehead atoms. The van der Waals surface area contributed by atoms with Gasteiger partial charge in [0.15, 0.2) is 0 Å².